The number of likely N-dealkylation sites (N-methyl/N-ethyl adjacent to an activating group) is 1. The van der Waals surface area contributed by atoms with Crippen LogP contribution in [-0.4, -0.2) is 26.0 Å². The molecule has 0 fully saturated rings. The number of halogens is 2. The van der Waals surface area contributed by atoms with Crippen LogP contribution in [0.3, 0.4) is 0 Å². The molecule has 19 heavy (non-hydrogen) atoms. The molecule has 1 amide bonds. The Morgan fingerprint density at radius 1 is 1.53 bits per heavy atom. The molecule has 0 spiro atoms. The normalized spacial score (nSPS) is 10.6. The molecule has 0 aliphatic heterocycles. The summed E-state index contributed by atoms with van der Waals surface area (Å²) in [6.45, 7) is 4.86. The summed E-state index contributed by atoms with van der Waals surface area (Å²) in [6, 6.07) is 2.81. The van der Waals surface area contributed by atoms with Gasteiger partial charge in [0.2, 0.25) is 5.91 Å². The summed E-state index contributed by atoms with van der Waals surface area (Å²) in [5.74, 6) is -0.103. The Kier molecular flexibility index (Phi) is 5.60. The van der Waals surface area contributed by atoms with Crippen LogP contribution in [0.5, 0.6) is 0 Å². The van der Waals surface area contributed by atoms with E-state index in [0.29, 0.717) is 28.3 Å². The smallest absolute Gasteiger partial charge is 0.239 e. The first kappa shape index (κ1) is 15.8. The van der Waals surface area contributed by atoms with Gasteiger partial charge in [-0.15, -0.1) is 0 Å². The standard InChI is InChI=1S/C13H19BrFN3O/c1-8(2)6-17-13(19)7-18(3)12-4-9(14)10(15)5-11(12)16/h4-5,8H,6-7,16H2,1-3H3,(H,17,19). The topological polar surface area (TPSA) is 58.4 Å². The van der Waals surface area contributed by atoms with Crippen molar-refractivity contribution in [2.24, 2.45) is 5.92 Å². The van der Waals surface area contributed by atoms with E-state index in [0.717, 1.165) is 0 Å². The van der Waals surface area contributed by atoms with Crippen molar-refractivity contribution in [1.82, 2.24) is 5.32 Å². The second-order valence-electron chi connectivity index (χ2n) is 4.88. The molecule has 0 unspecified atom stereocenters. The fourth-order valence-corrected chi connectivity index (χ4v) is 1.89. The van der Waals surface area contributed by atoms with E-state index in [4.69, 9.17) is 5.73 Å². The average Bonchev–Trinajstić information content (AvgIpc) is 2.31. The number of hydrogen-bond acceptors (Lipinski definition) is 3. The van der Waals surface area contributed by atoms with E-state index < -0.39 is 5.82 Å². The third-order valence-corrected chi connectivity index (χ3v) is 3.18. The summed E-state index contributed by atoms with van der Waals surface area (Å²) in [5, 5.41) is 2.82. The fraction of sp³-hybridized carbons (Fsp3) is 0.462. The fourth-order valence-electron chi connectivity index (χ4n) is 1.56. The molecule has 0 aliphatic carbocycles. The molecule has 4 nitrogen and oxygen atoms in total. The van der Waals surface area contributed by atoms with Gasteiger partial charge in [-0.1, -0.05) is 13.8 Å². The second kappa shape index (κ2) is 6.75. The number of carbonyl (C=O) groups excluding carboxylic acids is 1. The summed E-state index contributed by atoms with van der Waals surface area (Å²) in [5.41, 5.74) is 6.68. The summed E-state index contributed by atoms with van der Waals surface area (Å²) < 4.78 is 13.6. The van der Waals surface area contributed by atoms with Crippen molar-refractivity contribution in [3.05, 3.63) is 22.4 Å². The number of nitrogen functional groups attached to an aromatic ring is 1. The molecule has 0 heterocycles. The monoisotopic (exact) mass is 331 g/mol. The molecule has 106 valence electrons. The van der Waals surface area contributed by atoms with Gasteiger partial charge >= 0.3 is 0 Å². The number of anilines is 2. The Balaban J connectivity index is 2.70. The molecule has 0 aliphatic rings. The van der Waals surface area contributed by atoms with Gasteiger partial charge in [0.15, 0.2) is 0 Å². The highest BCUT2D eigenvalue weighted by molar-refractivity contribution is 9.10. The average molecular weight is 332 g/mol. The third-order valence-electron chi connectivity index (χ3n) is 2.57. The predicted molar refractivity (Wildman–Crippen MR) is 79.6 cm³/mol. The number of rotatable bonds is 5. The number of nitrogens with one attached hydrogen (secondary N) is 1. The van der Waals surface area contributed by atoms with Gasteiger partial charge in [0.1, 0.15) is 5.82 Å². The van der Waals surface area contributed by atoms with Gasteiger partial charge < -0.3 is 16.0 Å². The summed E-state index contributed by atoms with van der Waals surface area (Å²) in [7, 11) is 1.74. The first-order chi connectivity index (χ1) is 8.81. The highest BCUT2D eigenvalue weighted by Gasteiger charge is 2.13. The lowest BCUT2D eigenvalue weighted by Crippen LogP contribution is -2.37. The molecule has 0 saturated heterocycles. The molecule has 0 bridgehead atoms. The lowest BCUT2D eigenvalue weighted by Gasteiger charge is -2.21. The minimum Gasteiger partial charge on any atom is -0.397 e. The van der Waals surface area contributed by atoms with Gasteiger partial charge in [-0.3, -0.25) is 4.79 Å². The van der Waals surface area contributed by atoms with Gasteiger partial charge in [0, 0.05) is 19.7 Å². The number of carbonyl (C=O) groups is 1. The summed E-state index contributed by atoms with van der Waals surface area (Å²) in [4.78, 5) is 13.4. The van der Waals surface area contributed by atoms with Gasteiger partial charge in [0.25, 0.3) is 0 Å². The van der Waals surface area contributed by atoms with Crippen LogP contribution in [0.25, 0.3) is 0 Å². The molecule has 0 atom stereocenters. The van der Waals surface area contributed by atoms with Crippen molar-refractivity contribution in [2.45, 2.75) is 13.8 Å². The molecular formula is C13H19BrFN3O. The highest BCUT2D eigenvalue weighted by Crippen LogP contribution is 2.28. The van der Waals surface area contributed by atoms with Crippen LogP contribution >= 0.6 is 15.9 Å². The number of amides is 1. The van der Waals surface area contributed by atoms with Crippen LogP contribution < -0.4 is 16.0 Å². The highest BCUT2D eigenvalue weighted by atomic mass is 79.9. The number of hydrogen-bond donors (Lipinski definition) is 2. The van der Waals surface area contributed by atoms with E-state index in [1.807, 2.05) is 13.8 Å². The second-order valence-corrected chi connectivity index (χ2v) is 5.73. The molecular weight excluding hydrogens is 313 g/mol. The maximum absolute atomic E-state index is 13.3. The van der Waals surface area contributed by atoms with E-state index in [-0.39, 0.29) is 12.5 Å². The first-order valence-corrected chi connectivity index (χ1v) is 6.83. The maximum Gasteiger partial charge on any atom is 0.239 e. The molecule has 1 rings (SSSR count). The zero-order valence-electron chi connectivity index (χ0n) is 11.3. The van der Waals surface area contributed by atoms with E-state index in [2.05, 4.69) is 21.2 Å². The van der Waals surface area contributed by atoms with Gasteiger partial charge in [-0.25, -0.2) is 4.39 Å². The molecule has 0 saturated carbocycles. The minimum absolute atomic E-state index is 0.0870. The number of benzene rings is 1. The zero-order chi connectivity index (χ0) is 14.6. The quantitative estimate of drug-likeness (QED) is 0.814. The van der Waals surface area contributed by atoms with Crippen molar-refractivity contribution in [3.63, 3.8) is 0 Å². The Bertz CT molecular complexity index is 465. The Morgan fingerprint density at radius 3 is 2.74 bits per heavy atom. The zero-order valence-corrected chi connectivity index (χ0v) is 12.9. The van der Waals surface area contributed by atoms with Crippen molar-refractivity contribution < 1.29 is 9.18 Å². The molecule has 1 aromatic rings. The van der Waals surface area contributed by atoms with E-state index in [9.17, 15) is 9.18 Å². The number of nitrogens with zero attached hydrogens (tertiary/aromatic N) is 1. The van der Waals surface area contributed by atoms with Crippen molar-refractivity contribution >= 4 is 33.2 Å². The maximum atomic E-state index is 13.3. The van der Waals surface area contributed by atoms with Crippen LogP contribution in [0.1, 0.15) is 13.8 Å². The van der Waals surface area contributed by atoms with Gasteiger partial charge in [-0.2, -0.15) is 0 Å². The number of nitrogens with two attached hydrogens (primary N) is 1. The minimum atomic E-state index is -0.418. The van der Waals surface area contributed by atoms with Gasteiger partial charge in [0.05, 0.1) is 22.4 Å². The SMILES string of the molecule is CC(C)CNC(=O)CN(C)c1cc(Br)c(F)cc1N. The van der Waals surface area contributed by atoms with Crippen LogP contribution in [0.2, 0.25) is 0 Å². The summed E-state index contributed by atoms with van der Waals surface area (Å²) >= 11 is 3.11. The van der Waals surface area contributed by atoms with Crippen LogP contribution in [0.4, 0.5) is 15.8 Å². The lowest BCUT2D eigenvalue weighted by molar-refractivity contribution is -0.119. The van der Waals surface area contributed by atoms with Crippen molar-refractivity contribution in [3.8, 4) is 0 Å². The Labute approximate surface area is 121 Å². The summed E-state index contributed by atoms with van der Waals surface area (Å²) in [6.07, 6.45) is 0. The predicted octanol–water partition coefficient (Wildman–Crippen LogP) is 2.38. The van der Waals surface area contributed by atoms with Crippen LogP contribution in [0.15, 0.2) is 16.6 Å². The molecule has 0 aromatic heterocycles. The first-order valence-electron chi connectivity index (χ1n) is 6.03. The third kappa shape index (κ3) is 4.70. The van der Waals surface area contributed by atoms with Crippen molar-refractivity contribution in [2.75, 3.05) is 30.8 Å². The van der Waals surface area contributed by atoms with Crippen LogP contribution in [0, 0.1) is 11.7 Å². The molecule has 6 heteroatoms. The van der Waals surface area contributed by atoms with E-state index >= 15 is 0 Å². The largest absolute Gasteiger partial charge is 0.397 e. The van der Waals surface area contributed by atoms with Gasteiger partial charge in [-0.05, 0) is 27.9 Å². The van der Waals surface area contributed by atoms with E-state index in [1.54, 1.807) is 18.0 Å². The Hall–Kier alpha value is -1.30. The van der Waals surface area contributed by atoms with Crippen LogP contribution in [-0.2, 0) is 4.79 Å². The molecule has 0 radical (unpaired) electrons. The lowest BCUT2D eigenvalue weighted by atomic mass is 10.2. The van der Waals surface area contributed by atoms with Crippen molar-refractivity contribution in [1.29, 1.82) is 0 Å². The van der Waals surface area contributed by atoms with E-state index in [1.165, 1.54) is 6.07 Å². The molecule has 1 aromatic carbocycles. The molecule has 3 N–H and O–H groups in total. The Morgan fingerprint density at radius 2 is 2.16 bits per heavy atom.